The highest BCUT2D eigenvalue weighted by molar-refractivity contribution is 6.01. The summed E-state index contributed by atoms with van der Waals surface area (Å²) in [6, 6.07) is 5.53. The molecule has 0 fully saturated rings. The van der Waals surface area contributed by atoms with Crippen LogP contribution < -0.4 is 5.32 Å². The van der Waals surface area contributed by atoms with Crippen molar-refractivity contribution in [3.63, 3.8) is 0 Å². The predicted molar refractivity (Wildman–Crippen MR) is 69.9 cm³/mol. The van der Waals surface area contributed by atoms with Crippen LogP contribution in [0.3, 0.4) is 0 Å². The number of nitrogens with one attached hydrogen (secondary N) is 1. The van der Waals surface area contributed by atoms with Gasteiger partial charge in [0.05, 0.1) is 23.6 Å². The zero-order valence-corrected chi connectivity index (χ0v) is 10.5. The summed E-state index contributed by atoms with van der Waals surface area (Å²) < 4.78 is 7.08. The lowest BCUT2D eigenvalue weighted by atomic mass is 10.2. The Kier molecular flexibility index (Phi) is 2.56. The Hall–Kier alpha value is -2.63. The number of hydrogen-bond acceptors (Lipinski definition) is 4. The molecule has 1 N–H and O–H groups in total. The van der Waals surface area contributed by atoms with E-state index in [1.165, 1.54) is 6.20 Å². The van der Waals surface area contributed by atoms with Gasteiger partial charge < -0.3 is 14.3 Å². The number of aryl methyl sites for hydroxylation is 2. The molecule has 0 saturated heterocycles. The predicted octanol–water partition coefficient (Wildman–Crippen LogP) is 2.12. The van der Waals surface area contributed by atoms with Gasteiger partial charge in [-0.05, 0) is 25.1 Å². The minimum atomic E-state index is -0.372. The van der Waals surface area contributed by atoms with Crippen molar-refractivity contribution in [3.05, 3.63) is 42.4 Å². The summed E-state index contributed by atoms with van der Waals surface area (Å²) in [5, 5.41) is 2.73. The van der Waals surface area contributed by atoms with Crippen LogP contribution in [0.1, 0.15) is 16.4 Å². The van der Waals surface area contributed by atoms with Crippen molar-refractivity contribution in [1.82, 2.24) is 14.5 Å². The van der Waals surface area contributed by atoms with Gasteiger partial charge in [-0.1, -0.05) is 0 Å². The second kappa shape index (κ2) is 4.24. The number of rotatable bonds is 2. The molecule has 96 valence electrons. The Balaban J connectivity index is 1.87. The fraction of sp³-hybridized carbons (Fsp3) is 0.154. The van der Waals surface area contributed by atoms with Gasteiger partial charge in [0.1, 0.15) is 5.76 Å². The molecule has 0 radical (unpaired) electrons. The van der Waals surface area contributed by atoms with Crippen LogP contribution in [0.2, 0.25) is 0 Å². The lowest BCUT2D eigenvalue weighted by Crippen LogP contribution is -2.12. The van der Waals surface area contributed by atoms with Crippen LogP contribution in [0.4, 0.5) is 5.69 Å². The molecule has 2 heterocycles. The molecular weight excluding hydrogens is 244 g/mol. The van der Waals surface area contributed by atoms with E-state index in [9.17, 15) is 4.79 Å². The first-order chi connectivity index (χ1) is 9.13. The molecule has 6 nitrogen and oxygen atoms in total. The Morgan fingerprint density at radius 3 is 2.95 bits per heavy atom. The second-order valence-corrected chi connectivity index (χ2v) is 4.29. The third-order valence-electron chi connectivity index (χ3n) is 2.80. The highest BCUT2D eigenvalue weighted by atomic mass is 16.4. The van der Waals surface area contributed by atoms with Crippen molar-refractivity contribution < 1.29 is 9.21 Å². The number of benzene rings is 1. The number of carbonyl (C=O) groups excluding carboxylic acids is 1. The highest BCUT2D eigenvalue weighted by Crippen LogP contribution is 2.18. The van der Waals surface area contributed by atoms with E-state index in [1.807, 2.05) is 29.8 Å². The van der Waals surface area contributed by atoms with E-state index in [0.717, 1.165) is 11.0 Å². The Morgan fingerprint density at radius 1 is 1.37 bits per heavy atom. The van der Waals surface area contributed by atoms with Crippen molar-refractivity contribution in [2.24, 2.45) is 7.05 Å². The van der Waals surface area contributed by atoms with Gasteiger partial charge in [0.2, 0.25) is 0 Å². The topological polar surface area (TPSA) is 73.0 Å². The van der Waals surface area contributed by atoms with Gasteiger partial charge in [0.25, 0.3) is 5.89 Å². The quantitative estimate of drug-likeness (QED) is 0.762. The van der Waals surface area contributed by atoms with Gasteiger partial charge in [0.15, 0.2) is 0 Å². The van der Waals surface area contributed by atoms with E-state index in [2.05, 4.69) is 15.3 Å². The number of oxazole rings is 1. The van der Waals surface area contributed by atoms with Gasteiger partial charge in [-0.2, -0.15) is 0 Å². The molecule has 0 aliphatic rings. The zero-order chi connectivity index (χ0) is 13.4. The first-order valence-electron chi connectivity index (χ1n) is 5.78. The number of hydrogen-bond donors (Lipinski definition) is 1. The summed E-state index contributed by atoms with van der Waals surface area (Å²) in [4.78, 5) is 20.0. The van der Waals surface area contributed by atoms with E-state index in [0.29, 0.717) is 11.4 Å². The lowest BCUT2D eigenvalue weighted by molar-refractivity contribution is 0.0989. The van der Waals surface area contributed by atoms with Gasteiger partial charge in [-0.3, -0.25) is 4.79 Å². The summed E-state index contributed by atoms with van der Waals surface area (Å²) in [6.07, 6.45) is 3.24. The average molecular weight is 256 g/mol. The van der Waals surface area contributed by atoms with Crippen LogP contribution in [0, 0.1) is 6.92 Å². The minimum absolute atomic E-state index is 0.0543. The summed E-state index contributed by atoms with van der Waals surface area (Å²) >= 11 is 0. The standard InChI is InChI=1S/C13H12N4O2/c1-8-6-14-13(19-8)12(18)16-9-3-4-11-10(5-9)15-7-17(11)2/h3-7H,1-2H3,(H,16,18). The van der Waals surface area contributed by atoms with Crippen molar-refractivity contribution >= 4 is 22.6 Å². The number of fused-ring (bicyclic) bond motifs is 1. The molecule has 0 spiro atoms. The molecule has 3 aromatic rings. The number of amides is 1. The van der Waals surface area contributed by atoms with Gasteiger partial charge in [-0.25, -0.2) is 9.97 Å². The molecule has 0 aliphatic carbocycles. The smallest absolute Gasteiger partial charge is 0.311 e. The summed E-state index contributed by atoms with van der Waals surface area (Å²) in [6.45, 7) is 1.74. The van der Waals surface area contributed by atoms with Crippen molar-refractivity contribution in [2.75, 3.05) is 5.32 Å². The Labute approximate surface area is 109 Å². The van der Waals surface area contributed by atoms with Crippen LogP contribution in [-0.4, -0.2) is 20.4 Å². The molecule has 0 aliphatic heterocycles. The Bertz CT molecular complexity index is 757. The summed E-state index contributed by atoms with van der Waals surface area (Å²) in [7, 11) is 1.92. The number of anilines is 1. The van der Waals surface area contributed by atoms with Crippen molar-refractivity contribution in [2.45, 2.75) is 6.92 Å². The molecule has 0 bridgehead atoms. The Morgan fingerprint density at radius 2 is 2.21 bits per heavy atom. The molecule has 2 aromatic heterocycles. The van der Waals surface area contributed by atoms with Gasteiger partial charge in [0, 0.05) is 12.7 Å². The van der Waals surface area contributed by atoms with Crippen LogP contribution in [-0.2, 0) is 7.05 Å². The number of imidazole rings is 1. The van der Waals surface area contributed by atoms with Crippen LogP contribution in [0.5, 0.6) is 0 Å². The second-order valence-electron chi connectivity index (χ2n) is 4.29. The van der Waals surface area contributed by atoms with E-state index in [4.69, 9.17) is 4.42 Å². The monoisotopic (exact) mass is 256 g/mol. The van der Waals surface area contributed by atoms with E-state index in [-0.39, 0.29) is 11.8 Å². The molecule has 1 amide bonds. The van der Waals surface area contributed by atoms with Crippen molar-refractivity contribution in [1.29, 1.82) is 0 Å². The van der Waals surface area contributed by atoms with E-state index >= 15 is 0 Å². The third kappa shape index (κ3) is 2.08. The number of aromatic nitrogens is 3. The molecule has 0 unspecified atom stereocenters. The lowest BCUT2D eigenvalue weighted by Gasteiger charge is -2.02. The van der Waals surface area contributed by atoms with E-state index in [1.54, 1.807) is 13.3 Å². The van der Waals surface area contributed by atoms with Gasteiger partial charge in [-0.15, -0.1) is 0 Å². The molecule has 1 aromatic carbocycles. The molecular formula is C13H12N4O2. The summed E-state index contributed by atoms with van der Waals surface area (Å²) in [5.74, 6) is 0.285. The van der Waals surface area contributed by atoms with Gasteiger partial charge >= 0.3 is 5.91 Å². The maximum Gasteiger partial charge on any atom is 0.311 e. The molecule has 3 rings (SSSR count). The molecule has 6 heteroatoms. The fourth-order valence-corrected chi connectivity index (χ4v) is 1.86. The van der Waals surface area contributed by atoms with Crippen LogP contribution in [0.15, 0.2) is 35.1 Å². The maximum absolute atomic E-state index is 11.9. The largest absolute Gasteiger partial charge is 0.438 e. The first-order valence-corrected chi connectivity index (χ1v) is 5.78. The number of nitrogens with zero attached hydrogens (tertiary/aromatic N) is 3. The first kappa shape index (κ1) is 11.5. The molecule has 0 saturated carbocycles. The maximum atomic E-state index is 11.9. The third-order valence-corrected chi connectivity index (χ3v) is 2.80. The average Bonchev–Trinajstić information content (AvgIpc) is 2.97. The number of carbonyl (C=O) groups is 1. The SMILES string of the molecule is Cc1cnc(C(=O)Nc2ccc3c(c2)ncn3C)o1. The van der Waals surface area contributed by atoms with E-state index < -0.39 is 0 Å². The molecule has 0 atom stereocenters. The minimum Gasteiger partial charge on any atom is -0.438 e. The zero-order valence-electron chi connectivity index (χ0n) is 10.5. The van der Waals surface area contributed by atoms with Crippen molar-refractivity contribution in [3.8, 4) is 0 Å². The normalized spacial score (nSPS) is 10.8. The van der Waals surface area contributed by atoms with Crippen LogP contribution in [0.25, 0.3) is 11.0 Å². The fourth-order valence-electron chi connectivity index (χ4n) is 1.86. The van der Waals surface area contributed by atoms with Crippen LogP contribution >= 0.6 is 0 Å². The summed E-state index contributed by atoms with van der Waals surface area (Å²) in [5.41, 5.74) is 2.49. The molecule has 19 heavy (non-hydrogen) atoms. The highest BCUT2D eigenvalue weighted by Gasteiger charge is 2.12.